The van der Waals surface area contributed by atoms with Crippen LogP contribution in [0.15, 0.2) is 47.3 Å². The Balaban J connectivity index is 1.74. The average molecular weight is 463 g/mol. The standard InChI is InChI=1S/C21H20Cl2N4O4/c1-3-10-27-21(30)15-7-5-4-6-14(15)18(26-27)20(29)25-24-19(28)12(2)31-17-9-8-13(22)11-16(17)23/h4-9,11-12H,3,10H2,1-2H3,(H,24,28)(H,25,29). The molecule has 31 heavy (non-hydrogen) atoms. The topological polar surface area (TPSA) is 102 Å². The molecule has 0 bridgehead atoms. The van der Waals surface area contributed by atoms with E-state index in [1.807, 2.05) is 6.92 Å². The number of carbonyl (C=O) groups excluding carboxylic acids is 2. The molecule has 0 saturated carbocycles. The number of hydrogen-bond donors (Lipinski definition) is 2. The van der Waals surface area contributed by atoms with E-state index in [1.165, 1.54) is 17.7 Å². The van der Waals surface area contributed by atoms with Crippen LogP contribution in [-0.2, 0) is 11.3 Å². The van der Waals surface area contributed by atoms with Gasteiger partial charge in [0.25, 0.3) is 17.4 Å². The van der Waals surface area contributed by atoms with Gasteiger partial charge in [0.2, 0.25) is 0 Å². The van der Waals surface area contributed by atoms with Gasteiger partial charge >= 0.3 is 0 Å². The van der Waals surface area contributed by atoms with Gasteiger partial charge < -0.3 is 4.74 Å². The van der Waals surface area contributed by atoms with Gasteiger partial charge in [-0.1, -0.05) is 48.3 Å². The number of nitrogens with zero attached hydrogens (tertiary/aromatic N) is 2. The highest BCUT2D eigenvalue weighted by Gasteiger charge is 2.20. The monoisotopic (exact) mass is 462 g/mol. The lowest BCUT2D eigenvalue weighted by Gasteiger charge is -2.16. The second-order valence-electron chi connectivity index (χ2n) is 6.70. The highest BCUT2D eigenvalue weighted by atomic mass is 35.5. The minimum Gasteiger partial charge on any atom is -0.479 e. The van der Waals surface area contributed by atoms with Crippen LogP contribution in [0.25, 0.3) is 10.8 Å². The summed E-state index contributed by atoms with van der Waals surface area (Å²) in [5.74, 6) is -0.990. The number of hydrogen-bond acceptors (Lipinski definition) is 5. The van der Waals surface area contributed by atoms with Crippen LogP contribution in [0.2, 0.25) is 10.0 Å². The summed E-state index contributed by atoms with van der Waals surface area (Å²) in [6.45, 7) is 3.77. The molecule has 8 nitrogen and oxygen atoms in total. The molecule has 3 rings (SSSR count). The minimum absolute atomic E-state index is 0.0262. The zero-order chi connectivity index (χ0) is 22.5. The minimum atomic E-state index is -0.960. The van der Waals surface area contributed by atoms with Crippen molar-refractivity contribution in [1.29, 1.82) is 0 Å². The smallest absolute Gasteiger partial charge is 0.290 e. The Bertz CT molecular complexity index is 1200. The summed E-state index contributed by atoms with van der Waals surface area (Å²) < 4.78 is 6.77. The van der Waals surface area contributed by atoms with Gasteiger partial charge in [0.05, 0.1) is 10.4 Å². The predicted octanol–water partition coefficient (Wildman–Crippen LogP) is 3.34. The summed E-state index contributed by atoms with van der Waals surface area (Å²) >= 11 is 11.9. The number of aryl methyl sites for hydroxylation is 1. The Labute approximate surface area is 188 Å². The van der Waals surface area contributed by atoms with E-state index in [9.17, 15) is 14.4 Å². The molecule has 2 N–H and O–H groups in total. The highest BCUT2D eigenvalue weighted by molar-refractivity contribution is 6.35. The number of aromatic nitrogens is 2. The van der Waals surface area contributed by atoms with Gasteiger partial charge in [-0.2, -0.15) is 5.10 Å². The molecule has 1 aromatic heterocycles. The summed E-state index contributed by atoms with van der Waals surface area (Å²) in [6.07, 6.45) is -0.289. The molecule has 2 aromatic carbocycles. The fraction of sp³-hybridized carbons (Fsp3) is 0.238. The Morgan fingerprint density at radius 1 is 1.13 bits per heavy atom. The predicted molar refractivity (Wildman–Crippen MR) is 118 cm³/mol. The molecule has 0 aliphatic heterocycles. The molecule has 0 aliphatic rings. The van der Waals surface area contributed by atoms with Crippen molar-refractivity contribution >= 4 is 45.8 Å². The number of amides is 2. The van der Waals surface area contributed by atoms with Gasteiger partial charge in [0, 0.05) is 17.0 Å². The van der Waals surface area contributed by atoms with E-state index in [1.54, 1.807) is 36.4 Å². The number of carbonyl (C=O) groups is 2. The van der Waals surface area contributed by atoms with Crippen LogP contribution in [0.1, 0.15) is 30.8 Å². The van der Waals surface area contributed by atoms with E-state index in [2.05, 4.69) is 16.0 Å². The van der Waals surface area contributed by atoms with Crippen LogP contribution < -0.4 is 21.1 Å². The third kappa shape index (κ3) is 5.15. The Morgan fingerprint density at radius 2 is 1.84 bits per heavy atom. The van der Waals surface area contributed by atoms with Crippen molar-refractivity contribution < 1.29 is 14.3 Å². The third-order valence-corrected chi connectivity index (χ3v) is 4.91. The molecule has 3 aromatic rings. The number of fused-ring (bicyclic) bond motifs is 1. The van der Waals surface area contributed by atoms with Gasteiger partial charge in [-0.3, -0.25) is 25.2 Å². The number of nitrogens with one attached hydrogen (secondary N) is 2. The Hall–Kier alpha value is -3.10. The second-order valence-corrected chi connectivity index (χ2v) is 7.54. The normalized spacial score (nSPS) is 11.7. The molecule has 0 fully saturated rings. The van der Waals surface area contributed by atoms with Crippen LogP contribution >= 0.6 is 23.2 Å². The number of benzene rings is 2. The molecule has 1 heterocycles. The van der Waals surface area contributed by atoms with Gasteiger partial charge in [-0.05, 0) is 37.6 Å². The number of rotatable bonds is 6. The van der Waals surface area contributed by atoms with E-state index in [-0.39, 0.29) is 22.0 Å². The summed E-state index contributed by atoms with van der Waals surface area (Å²) in [5, 5.41) is 5.63. The van der Waals surface area contributed by atoms with E-state index in [4.69, 9.17) is 27.9 Å². The maximum atomic E-state index is 12.7. The van der Waals surface area contributed by atoms with Crippen LogP contribution in [0, 0.1) is 0 Å². The molecular weight excluding hydrogens is 443 g/mol. The lowest BCUT2D eigenvalue weighted by atomic mass is 10.1. The lowest BCUT2D eigenvalue weighted by molar-refractivity contribution is -0.128. The molecule has 0 aliphatic carbocycles. The molecular formula is C21H20Cl2N4O4. The van der Waals surface area contributed by atoms with Crippen LogP contribution in [0.3, 0.4) is 0 Å². The van der Waals surface area contributed by atoms with E-state index >= 15 is 0 Å². The molecule has 0 spiro atoms. The largest absolute Gasteiger partial charge is 0.479 e. The third-order valence-electron chi connectivity index (χ3n) is 4.38. The first kappa shape index (κ1) is 22.6. The number of ether oxygens (including phenoxy) is 1. The van der Waals surface area contributed by atoms with Gasteiger partial charge in [0.1, 0.15) is 5.75 Å². The number of halogens is 2. The van der Waals surface area contributed by atoms with E-state index in [0.29, 0.717) is 28.8 Å². The fourth-order valence-corrected chi connectivity index (χ4v) is 3.31. The summed E-state index contributed by atoms with van der Waals surface area (Å²) in [6, 6.07) is 11.3. The van der Waals surface area contributed by atoms with Gasteiger partial charge in [-0.15, -0.1) is 0 Å². The van der Waals surface area contributed by atoms with Crippen LogP contribution in [0.4, 0.5) is 0 Å². The van der Waals surface area contributed by atoms with Gasteiger partial charge in [-0.25, -0.2) is 4.68 Å². The van der Waals surface area contributed by atoms with Crippen molar-refractivity contribution in [3.8, 4) is 5.75 Å². The Kier molecular flexibility index (Phi) is 7.14. The SMILES string of the molecule is CCCn1nc(C(=O)NNC(=O)C(C)Oc2ccc(Cl)cc2Cl)c2ccccc2c1=O. The van der Waals surface area contributed by atoms with E-state index in [0.717, 1.165) is 0 Å². The zero-order valence-corrected chi connectivity index (χ0v) is 18.3. The zero-order valence-electron chi connectivity index (χ0n) is 16.8. The van der Waals surface area contributed by atoms with E-state index < -0.39 is 17.9 Å². The molecule has 0 radical (unpaired) electrons. The first-order chi connectivity index (χ1) is 14.8. The van der Waals surface area contributed by atoms with Crippen molar-refractivity contribution in [2.45, 2.75) is 32.9 Å². The quantitative estimate of drug-likeness (QED) is 0.546. The van der Waals surface area contributed by atoms with Crippen LogP contribution in [0.5, 0.6) is 5.75 Å². The lowest BCUT2D eigenvalue weighted by Crippen LogP contribution is -2.47. The molecule has 162 valence electrons. The van der Waals surface area contributed by atoms with Crippen LogP contribution in [-0.4, -0.2) is 27.7 Å². The first-order valence-corrected chi connectivity index (χ1v) is 10.3. The average Bonchev–Trinajstić information content (AvgIpc) is 2.75. The van der Waals surface area contributed by atoms with Crippen molar-refractivity contribution in [1.82, 2.24) is 20.6 Å². The summed E-state index contributed by atoms with van der Waals surface area (Å²) in [4.78, 5) is 37.6. The Morgan fingerprint density at radius 3 is 2.52 bits per heavy atom. The maximum Gasteiger partial charge on any atom is 0.290 e. The molecule has 10 heteroatoms. The van der Waals surface area contributed by atoms with Gasteiger partial charge in [0.15, 0.2) is 11.8 Å². The molecule has 1 unspecified atom stereocenters. The fourth-order valence-electron chi connectivity index (χ4n) is 2.86. The second kappa shape index (κ2) is 9.80. The molecule has 2 amide bonds. The van der Waals surface area contributed by atoms with Crippen molar-refractivity contribution in [2.75, 3.05) is 0 Å². The van der Waals surface area contributed by atoms with Crippen molar-refractivity contribution in [3.05, 3.63) is 68.6 Å². The maximum absolute atomic E-state index is 12.7. The van der Waals surface area contributed by atoms with Crippen molar-refractivity contribution in [3.63, 3.8) is 0 Å². The van der Waals surface area contributed by atoms with Crippen molar-refractivity contribution in [2.24, 2.45) is 0 Å². The molecule has 1 atom stereocenters. The first-order valence-electron chi connectivity index (χ1n) is 9.53. The summed E-state index contributed by atoms with van der Waals surface area (Å²) in [5.41, 5.74) is 4.37. The number of hydrazine groups is 1. The highest BCUT2D eigenvalue weighted by Crippen LogP contribution is 2.28. The summed E-state index contributed by atoms with van der Waals surface area (Å²) in [7, 11) is 0. The molecule has 0 saturated heterocycles.